The van der Waals surface area contributed by atoms with Gasteiger partial charge in [0.25, 0.3) is 0 Å². The predicted molar refractivity (Wildman–Crippen MR) is 172 cm³/mol. The summed E-state index contributed by atoms with van der Waals surface area (Å²) in [4.78, 5) is 13.4. The van der Waals surface area contributed by atoms with Crippen LogP contribution in [0, 0.1) is 5.92 Å². The molecule has 3 fully saturated rings. The maximum atomic E-state index is 13.9. The average molecular weight is 681 g/mol. The predicted octanol–water partition coefficient (Wildman–Crippen LogP) is 4.24. The largest absolute Gasteiger partial charge is 0.325 e. The van der Waals surface area contributed by atoms with Crippen molar-refractivity contribution in [1.29, 1.82) is 0 Å². The van der Waals surface area contributed by atoms with Crippen molar-refractivity contribution in [3.8, 4) is 0 Å². The summed E-state index contributed by atoms with van der Waals surface area (Å²) in [6.07, 6.45) is 8.15. The van der Waals surface area contributed by atoms with Crippen LogP contribution in [0.4, 0.5) is 5.69 Å². The lowest BCUT2D eigenvalue weighted by Gasteiger charge is -2.33. The van der Waals surface area contributed by atoms with Gasteiger partial charge < -0.3 is 5.32 Å². The highest BCUT2D eigenvalue weighted by molar-refractivity contribution is 7.89. The molecule has 11 nitrogen and oxygen atoms in total. The van der Waals surface area contributed by atoms with E-state index in [1.165, 1.54) is 61.4 Å². The summed E-state index contributed by atoms with van der Waals surface area (Å²) in [6.45, 7) is 3.52. The monoisotopic (exact) mass is 680 g/mol. The van der Waals surface area contributed by atoms with Crippen LogP contribution in [0.1, 0.15) is 71.1 Å². The second kappa shape index (κ2) is 14.2. The minimum Gasteiger partial charge on any atom is -0.325 e. The van der Waals surface area contributed by atoms with Crippen molar-refractivity contribution >= 4 is 41.7 Å². The average Bonchev–Trinajstić information content (AvgIpc) is 3.05. The third kappa shape index (κ3) is 7.79. The van der Waals surface area contributed by atoms with Gasteiger partial charge in [0.1, 0.15) is 0 Å². The van der Waals surface area contributed by atoms with E-state index in [2.05, 4.69) is 12.2 Å². The Labute approximate surface area is 268 Å². The fourth-order valence-corrected chi connectivity index (χ4v) is 11.0. The molecule has 14 heteroatoms. The molecule has 3 aliphatic rings. The lowest BCUT2D eigenvalue weighted by Crippen LogP contribution is -2.45. The summed E-state index contributed by atoms with van der Waals surface area (Å²) in [5, 5.41) is 2.72. The minimum atomic E-state index is -4.14. The Hall–Kier alpha value is -2.36. The van der Waals surface area contributed by atoms with Gasteiger partial charge in [-0.3, -0.25) is 4.79 Å². The van der Waals surface area contributed by atoms with Crippen LogP contribution in [0.3, 0.4) is 0 Å². The number of nitrogens with zero attached hydrogens (tertiary/aromatic N) is 3. The summed E-state index contributed by atoms with van der Waals surface area (Å²) >= 11 is 0. The van der Waals surface area contributed by atoms with Crippen LogP contribution in [-0.4, -0.2) is 82.8 Å². The normalized spacial score (nSPS) is 20.3. The van der Waals surface area contributed by atoms with E-state index in [-0.39, 0.29) is 20.7 Å². The molecule has 0 aromatic heterocycles. The molecule has 1 saturated carbocycles. The van der Waals surface area contributed by atoms with E-state index >= 15 is 0 Å². The highest BCUT2D eigenvalue weighted by atomic mass is 32.2. The van der Waals surface area contributed by atoms with Crippen molar-refractivity contribution in [2.24, 2.45) is 5.92 Å². The fourth-order valence-electron chi connectivity index (χ4n) is 6.38. The molecule has 0 radical (unpaired) electrons. The first-order valence-corrected chi connectivity index (χ1v) is 20.2. The number of hydrogen-bond acceptors (Lipinski definition) is 7. The Balaban J connectivity index is 1.30. The van der Waals surface area contributed by atoms with Crippen LogP contribution in [0.2, 0.25) is 0 Å². The molecule has 0 unspecified atom stereocenters. The van der Waals surface area contributed by atoms with Gasteiger partial charge in [0.2, 0.25) is 36.0 Å². The second-order valence-corrected chi connectivity index (χ2v) is 18.2. The SMILES string of the molecule is CC1CCN(S(=O)(=O)c2ccc(S(=O)(=O)N(CC(=O)Nc3ccc(S(=O)(=O)N4CCCCC4)cc3)C3CCCCC3)cc2)CC1. The van der Waals surface area contributed by atoms with Gasteiger partial charge in [0, 0.05) is 37.9 Å². The minimum absolute atomic E-state index is 0.0451. The van der Waals surface area contributed by atoms with Crippen molar-refractivity contribution in [3.05, 3.63) is 48.5 Å². The number of piperidine rings is 2. The quantitative estimate of drug-likeness (QED) is 0.396. The van der Waals surface area contributed by atoms with Gasteiger partial charge in [0.05, 0.1) is 21.2 Å². The number of sulfonamides is 3. The molecule has 2 aromatic rings. The molecule has 0 atom stereocenters. The number of hydrogen-bond donors (Lipinski definition) is 1. The van der Waals surface area contributed by atoms with Crippen molar-refractivity contribution in [3.63, 3.8) is 0 Å². The topological polar surface area (TPSA) is 141 Å². The zero-order valence-electron chi connectivity index (χ0n) is 25.8. The van der Waals surface area contributed by atoms with Gasteiger partial charge in [-0.2, -0.15) is 12.9 Å². The van der Waals surface area contributed by atoms with Crippen LogP contribution in [0.25, 0.3) is 0 Å². The molecular weight excluding hydrogens is 637 g/mol. The Morgan fingerprint density at radius 2 is 1.13 bits per heavy atom. The Morgan fingerprint density at radius 1 is 0.667 bits per heavy atom. The van der Waals surface area contributed by atoms with Gasteiger partial charge in [-0.1, -0.05) is 32.6 Å². The van der Waals surface area contributed by atoms with E-state index in [0.29, 0.717) is 50.6 Å². The van der Waals surface area contributed by atoms with Gasteiger partial charge in [-0.05, 0) is 93.0 Å². The first-order chi connectivity index (χ1) is 21.4. The summed E-state index contributed by atoms with van der Waals surface area (Å²) in [7, 11) is -11.5. The zero-order chi connectivity index (χ0) is 32.2. The molecule has 2 saturated heterocycles. The second-order valence-electron chi connectivity index (χ2n) is 12.4. The molecule has 2 aromatic carbocycles. The number of benzene rings is 2. The number of amides is 1. The van der Waals surface area contributed by atoms with Gasteiger partial charge in [-0.15, -0.1) is 0 Å². The van der Waals surface area contributed by atoms with Crippen LogP contribution in [-0.2, 0) is 34.9 Å². The summed E-state index contributed by atoms with van der Waals surface area (Å²) in [5.74, 6) is -0.0822. The summed E-state index contributed by atoms with van der Waals surface area (Å²) < 4.78 is 84.4. The highest BCUT2D eigenvalue weighted by Gasteiger charge is 2.35. The van der Waals surface area contributed by atoms with Crippen molar-refractivity contribution in [1.82, 2.24) is 12.9 Å². The molecule has 45 heavy (non-hydrogen) atoms. The Kier molecular flexibility index (Phi) is 10.7. The smallest absolute Gasteiger partial charge is 0.243 e. The molecule has 1 amide bonds. The van der Waals surface area contributed by atoms with Gasteiger partial charge >= 0.3 is 0 Å². The summed E-state index contributed by atoms with van der Waals surface area (Å²) in [6, 6.07) is 10.8. The first-order valence-electron chi connectivity index (χ1n) is 15.9. The molecule has 2 heterocycles. The van der Waals surface area contributed by atoms with Crippen molar-refractivity contribution in [2.45, 2.75) is 91.9 Å². The van der Waals surface area contributed by atoms with Crippen LogP contribution in [0.15, 0.2) is 63.2 Å². The zero-order valence-corrected chi connectivity index (χ0v) is 28.3. The molecule has 1 aliphatic carbocycles. The number of rotatable bonds is 10. The Morgan fingerprint density at radius 3 is 1.69 bits per heavy atom. The molecule has 0 spiro atoms. The third-order valence-electron chi connectivity index (χ3n) is 9.18. The molecular formula is C31H44N4O7S3. The number of anilines is 1. The fraction of sp³-hybridized carbons (Fsp3) is 0.581. The summed E-state index contributed by atoms with van der Waals surface area (Å²) in [5.41, 5.74) is 0.361. The van der Waals surface area contributed by atoms with Crippen LogP contribution < -0.4 is 5.32 Å². The highest BCUT2D eigenvalue weighted by Crippen LogP contribution is 2.30. The van der Waals surface area contributed by atoms with Crippen molar-refractivity contribution < 1.29 is 30.0 Å². The lowest BCUT2D eigenvalue weighted by molar-refractivity contribution is -0.116. The van der Waals surface area contributed by atoms with Gasteiger partial charge in [-0.25, -0.2) is 25.3 Å². The molecule has 248 valence electrons. The van der Waals surface area contributed by atoms with E-state index in [0.717, 1.165) is 51.4 Å². The third-order valence-corrected chi connectivity index (χ3v) is 14.9. The van der Waals surface area contributed by atoms with Crippen LogP contribution >= 0.6 is 0 Å². The van der Waals surface area contributed by atoms with E-state index in [4.69, 9.17) is 0 Å². The number of carbonyl (C=O) groups is 1. The Bertz CT molecular complexity index is 1640. The first kappa shape index (κ1) is 34.0. The number of carbonyl (C=O) groups excluding carboxylic acids is 1. The van der Waals surface area contributed by atoms with Crippen LogP contribution in [0.5, 0.6) is 0 Å². The molecule has 0 bridgehead atoms. The van der Waals surface area contributed by atoms with E-state index in [1.807, 2.05) is 0 Å². The molecule has 1 N–H and O–H groups in total. The number of nitrogens with one attached hydrogen (secondary N) is 1. The maximum absolute atomic E-state index is 13.9. The lowest BCUT2D eigenvalue weighted by atomic mass is 9.95. The standard InChI is InChI=1S/C31H44N4O7S3/c1-25-18-22-34(23-19-25)44(39,40)29-14-16-30(17-15-29)45(41,42)35(27-8-4-2-5-9-27)24-31(36)32-26-10-12-28(13-11-26)43(37,38)33-20-6-3-7-21-33/h10-17,25,27H,2-9,18-24H2,1H3,(H,32,36). The van der Waals surface area contributed by atoms with E-state index in [1.54, 1.807) is 0 Å². The van der Waals surface area contributed by atoms with E-state index in [9.17, 15) is 30.0 Å². The van der Waals surface area contributed by atoms with Gasteiger partial charge in [0.15, 0.2) is 0 Å². The maximum Gasteiger partial charge on any atom is 0.243 e. The molecule has 2 aliphatic heterocycles. The van der Waals surface area contributed by atoms with E-state index < -0.39 is 42.5 Å². The molecule has 5 rings (SSSR count). The van der Waals surface area contributed by atoms with Crippen molar-refractivity contribution in [2.75, 3.05) is 38.0 Å².